The van der Waals surface area contributed by atoms with E-state index in [4.69, 9.17) is 25.5 Å². The van der Waals surface area contributed by atoms with Gasteiger partial charge in [-0.25, -0.2) is 4.98 Å². The maximum atomic E-state index is 9.25. The van der Waals surface area contributed by atoms with E-state index in [0.717, 1.165) is 64.1 Å². The van der Waals surface area contributed by atoms with Crippen LogP contribution in [0, 0.1) is 18.3 Å². The molecule has 3 heterocycles. The van der Waals surface area contributed by atoms with Gasteiger partial charge in [-0.3, -0.25) is 9.88 Å². The molecule has 1 fully saturated rings. The quantitative estimate of drug-likeness (QED) is 0.176. The number of benzene rings is 3. The molecule has 7 nitrogen and oxygen atoms in total. The fourth-order valence-corrected chi connectivity index (χ4v) is 5.67. The first-order valence-corrected chi connectivity index (χ1v) is 14.5. The second-order valence-electron chi connectivity index (χ2n) is 10.6. The van der Waals surface area contributed by atoms with E-state index in [1.54, 1.807) is 18.5 Å². The van der Waals surface area contributed by atoms with Gasteiger partial charge in [-0.05, 0) is 79.4 Å². The number of nitrogens with zero attached hydrogens (tertiary/aromatic N) is 4. The molecule has 3 aromatic carbocycles. The molecule has 8 heteroatoms. The summed E-state index contributed by atoms with van der Waals surface area (Å²) in [4.78, 5) is 10.9. The van der Waals surface area contributed by atoms with Crippen LogP contribution >= 0.6 is 11.6 Å². The Morgan fingerprint density at radius 2 is 1.81 bits per heavy atom. The van der Waals surface area contributed by atoms with Crippen LogP contribution in [0.4, 0.5) is 0 Å². The summed E-state index contributed by atoms with van der Waals surface area (Å²) in [6, 6.07) is 20.0. The fraction of sp³-hybridized carbons (Fsp3) is 0.265. The molecule has 5 aromatic rings. The first kappa shape index (κ1) is 27.8. The monoisotopic (exact) mass is 578 g/mol. The van der Waals surface area contributed by atoms with E-state index in [0.29, 0.717) is 28.7 Å². The number of rotatable bonds is 9. The van der Waals surface area contributed by atoms with E-state index < -0.39 is 0 Å². The molecule has 0 atom stereocenters. The van der Waals surface area contributed by atoms with Crippen LogP contribution in [0.25, 0.3) is 22.2 Å². The highest BCUT2D eigenvalue weighted by molar-refractivity contribution is 6.32. The Kier molecular flexibility index (Phi) is 8.36. The Morgan fingerprint density at radius 3 is 2.67 bits per heavy atom. The number of piperidine rings is 1. The van der Waals surface area contributed by atoms with Crippen molar-refractivity contribution in [2.45, 2.75) is 45.9 Å². The highest BCUT2D eigenvalue weighted by atomic mass is 35.5. The second-order valence-corrected chi connectivity index (χ2v) is 11.0. The zero-order valence-corrected chi connectivity index (χ0v) is 24.2. The number of nitriles is 1. The molecule has 1 saturated heterocycles. The summed E-state index contributed by atoms with van der Waals surface area (Å²) in [7, 11) is 0. The molecule has 212 valence electrons. The number of pyridine rings is 1. The van der Waals surface area contributed by atoms with Gasteiger partial charge in [-0.15, -0.1) is 0 Å². The van der Waals surface area contributed by atoms with Crippen molar-refractivity contribution in [3.63, 3.8) is 0 Å². The lowest BCUT2D eigenvalue weighted by Gasteiger charge is -2.27. The summed E-state index contributed by atoms with van der Waals surface area (Å²) >= 11 is 6.79. The zero-order chi connectivity index (χ0) is 28.9. The molecule has 6 rings (SSSR count). The number of aromatic nitrogens is 2. The van der Waals surface area contributed by atoms with Crippen molar-refractivity contribution in [2.24, 2.45) is 0 Å². The topological polar surface area (TPSA) is 84.4 Å². The van der Waals surface area contributed by atoms with Crippen LogP contribution in [0.2, 0.25) is 5.02 Å². The Morgan fingerprint density at radius 1 is 0.952 bits per heavy atom. The molecule has 0 saturated carbocycles. The molecule has 2 aromatic heterocycles. The van der Waals surface area contributed by atoms with Crippen LogP contribution in [-0.4, -0.2) is 28.0 Å². The minimum Gasteiger partial charge on any atom is -0.488 e. The summed E-state index contributed by atoms with van der Waals surface area (Å²) in [6.07, 6.45) is 8.39. The van der Waals surface area contributed by atoms with Crippen molar-refractivity contribution in [2.75, 3.05) is 13.1 Å². The summed E-state index contributed by atoms with van der Waals surface area (Å²) in [6.45, 7) is 5.61. The molecular formula is C34H31ClN4O3. The van der Waals surface area contributed by atoms with Gasteiger partial charge in [-0.2, -0.15) is 5.26 Å². The summed E-state index contributed by atoms with van der Waals surface area (Å²) < 4.78 is 18.0. The first-order valence-electron chi connectivity index (χ1n) is 14.1. The second kappa shape index (κ2) is 12.6. The Balaban J connectivity index is 1.24. The number of hydrogen-bond donors (Lipinski definition) is 0. The van der Waals surface area contributed by atoms with E-state index in [1.807, 2.05) is 36.4 Å². The lowest BCUT2D eigenvalue weighted by Crippen LogP contribution is -2.29. The molecule has 0 amide bonds. The Labute approximate surface area is 250 Å². The maximum absolute atomic E-state index is 9.25. The van der Waals surface area contributed by atoms with Crippen LogP contribution in [0.1, 0.15) is 47.1 Å². The van der Waals surface area contributed by atoms with Crippen molar-refractivity contribution in [1.29, 1.82) is 5.26 Å². The average molecular weight is 579 g/mol. The number of likely N-dealkylation sites (tertiary alicyclic amines) is 1. The fourth-order valence-electron chi connectivity index (χ4n) is 5.43. The van der Waals surface area contributed by atoms with Crippen LogP contribution < -0.4 is 9.47 Å². The molecular weight excluding hydrogens is 548 g/mol. The highest BCUT2D eigenvalue weighted by Crippen LogP contribution is 2.36. The van der Waals surface area contributed by atoms with E-state index in [9.17, 15) is 5.26 Å². The smallest absolute Gasteiger partial charge is 0.181 e. The van der Waals surface area contributed by atoms with Gasteiger partial charge >= 0.3 is 0 Å². The molecule has 1 aliphatic heterocycles. The van der Waals surface area contributed by atoms with Gasteiger partial charge in [0.05, 0.1) is 10.6 Å². The third-order valence-electron chi connectivity index (χ3n) is 7.75. The van der Waals surface area contributed by atoms with Gasteiger partial charge in [0.15, 0.2) is 12.0 Å². The van der Waals surface area contributed by atoms with Gasteiger partial charge in [0.1, 0.15) is 36.3 Å². The van der Waals surface area contributed by atoms with Crippen LogP contribution in [0.5, 0.6) is 11.5 Å². The van der Waals surface area contributed by atoms with Crippen LogP contribution in [-0.2, 0) is 19.8 Å². The first-order chi connectivity index (χ1) is 20.6. The molecule has 0 aliphatic carbocycles. The summed E-state index contributed by atoms with van der Waals surface area (Å²) in [5.74, 6) is 1.28. The summed E-state index contributed by atoms with van der Waals surface area (Å²) in [5.41, 5.74) is 8.30. The lowest BCUT2D eigenvalue weighted by atomic mass is 9.96. The largest absolute Gasteiger partial charge is 0.488 e. The van der Waals surface area contributed by atoms with Gasteiger partial charge in [0, 0.05) is 36.1 Å². The minimum absolute atomic E-state index is 0.285. The number of fused-ring (bicyclic) bond motifs is 1. The third-order valence-corrected chi connectivity index (χ3v) is 8.04. The van der Waals surface area contributed by atoms with E-state index in [-0.39, 0.29) is 6.61 Å². The van der Waals surface area contributed by atoms with Gasteiger partial charge < -0.3 is 13.9 Å². The molecule has 0 radical (unpaired) electrons. The van der Waals surface area contributed by atoms with Gasteiger partial charge in [0.25, 0.3) is 0 Å². The van der Waals surface area contributed by atoms with Crippen molar-refractivity contribution < 1.29 is 13.9 Å². The lowest BCUT2D eigenvalue weighted by molar-refractivity contribution is 0.214. The average Bonchev–Trinajstić information content (AvgIpc) is 3.49. The third kappa shape index (κ3) is 6.25. The van der Waals surface area contributed by atoms with E-state index >= 15 is 0 Å². The SMILES string of the molecule is Cc1c(COc2cc(OCc3cncc(C#N)c3)c(CN3CCCCC3)cc2Cl)cccc1-c1ccc2ocnc2c1. The van der Waals surface area contributed by atoms with Crippen molar-refractivity contribution in [1.82, 2.24) is 14.9 Å². The molecule has 42 heavy (non-hydrogen) atoms. The highest BCUT2D eigenvalue weighted by Gasteiger charge is 2.18. The van der Waals surface area contributed by atoms with E-state index in [2.05, 4.69) is 40.0 Å². The van der Waals surface area contributed by atoms with Gasteiger partial charge in [0.2, 0.25) is 0 Å². The number of halogens is 1. The van der Waals surface area contributed by atoms with Crippen molar-refractivity contribution >= 4 is 22.7 Å². The maximum Gasteiger partial charge on any atom is 0.181 e. The van der Waals surface area contributed by atoms with Gasteiger partial charge in [-0.1, -0.05) is 42.3 Å². The Bertz CT molecular complexity index is 1750. The predicted octanol–water partition coefficient (Wildman–Crippen LogP) is 7.87. The predicted molar refractivity (Wildman–Crippen MR) is 162 cm³/mol. The molecule has 0 N–H and O–H groups in total. The normalized spacial score (nSPS) is 13.6. The zero-order valence-electron chi connectivity index (χ0n) is 23.5. The van der Waals surface area contributed by atoms with Crippen LogP contribution in [0.15, 0.2) is 77.8 Å². The number of ether oxygens (including phenoxy) is 2. The van der Waals surface area contributed by atoms with Crippen molar-refractivity contribution in [3.05, 3.63) is 106 Å². The molecule has 0 bridgehead atoms. The standard InChI is InChI=1S/C34H31ClN4O3/c1-23-27(6-5-7-29(23)26-8-9-32-31(14-26)38-22-42-32)21-41-34-15-33(40-20-25-12-24(16-36)17-37-18-25)28(13-30(34)35)19-39-10-3-2-4-11-39/h5-9,12-15,17-18,22H,2-4,10-11,19-21H2,1H3. The van der Waals surface area contributed by atoms with Crippen LogP contribution in [0.3, 0.4) is 0 Å². The van der Waals surface area contributed by atoms with Crippen molar-refractivity contribution in [3.8, 4) is 28.7 Å². The Hall–Kier alpha value is -4.38. The number of oxazole rings is 1. The molecule has 0 spiro atoms. The summed E-state index contributed by atoms with van der Waals surface area (Å²) in [5, 5.41) is 9.80. The number of hydrogen-bond acceptors (Lipinski definition) is 7. The molecule has 0 unspecified atom stereocenters. The molecule has 1 aliphatic rings. The van der Waals surface area contributed by atoms with E-state index in [1.165, 1.54) is 25.7 Å². The minimum atomic E-state index is 0.285.